The number of nitro groups is 1. The van der Waals surface area contributed by atoms with Gasteiger partial charge in [-0.15, -0.1) is 0 Å². The molecule has 0 radical (unpaired) electrons. The number of rotatable bonds is 4. The van der Waals surface area contributed by atoms with Crippen LogP contribution in [0.3, 0.4) is 0 Å². The number of ether oxygens (including phenoxy) is 1. The van der Waals surface area contributed by atoms with Crippen molar-refractivity contribution in [3.05, 3.63) is 46.2 Å². The van der Waals surface area contributed by atoms with Crippen molar-refractivity contribution < 1.29 is 14.5 Å². The normalized spacial score (nSPS) is 10.8. The zero-order valence-electron chi connectivity index (χ0n) is 9.47. The smallest absolute Gasteiger partial charge is 0.332 e. The molecule has 0 bridgehead atoms. The van der Waals surface area contributed by atoms with Crippen molar-refractivity contribution in [2.75, 3.05) is 12.4 Å². The number of esters is 1. The Labute approximate surface area is 98.0 Å². The summed E-state index contributed by atoms with van der Waals surface area (Å²) in [5.41, 5.74) is 1.27. The van der Waals surface area contributed by atoms with Crippen LogP contribution in [0, 0.1) is 10.1 Å². The second-order valence-electron chi connectivity index (χ2n) is 3.28. The molecule has 0 saturated heterocycles. The Balaban J connectivity index is 2.72. The molecule has 0 unspecified atom stereocenters. The number of nitrogens with one attached hydrogen (secondary N) is 1. The topological polar surface area (TPSA) is 81.5 Å². The molecule has 0 heterocycles. The first-order chi connectivity index (χ1) is 8.02. The van der Waals surface area contributed by atoms with E-state index in [9.17, 15) is 14.9 Å². The van der Waals surface area contributed by atoms with E-state index in [4.69, 9.17) is 0 Å². The molecule has 90 valence electrons. The Morgan fingerprint density at radius 1 is 1.41 bits per heavy atom. The van der Waals surface area contributed by atoms with Gasteiger partial charge in [-0.1, -0.05) is 0 Å². The van der Waals surface area contributed by atoms with E-state index < -0.39 is 10.9 Å². The summed E-state index contributed by atoms with van der Waals surface area (Å²) >= 11 is 0. The van der Waals surface area contributed by atoms with Crippen molar-refractivity contribution in [2.24, 2.45) is 0 Å². The summed E-state index contributed by atoms with van der Waals surface area (Å²) in [6.07, 6.45) is 1.29. The number of benzene rings is 1. The lowest BCUT2D eigenvalue weighted by molar-refractivity contribution is -0.384. The van der Waals surface area contributed by atoms with Gasteiger partial charge in [-0.25, -0.2) is 4.79 Å². The predicted octanol–water partition coefficient (Wildman–Crippen LogP) is 2.08. The Morgan fingerprint density at radius 3 is 2.47 bits per heavy atom. The van der Waals surface area contributed by atoms with Gasteiger partial charge in [0.15, 0.2) is 0 Å². The molecule has 0 fully saturated rings. The fraction of sp³-hybridized carbons (Fsp3) is 0.182. The summed E-state index contributed by atoms with van der Waals surface area (Å²) in [7, 11) is 1.29. The number of methoxy groups -OCH3 is 1. The Bertz CT molecular complexity index is 451. The highest BCUT2D eigenvalue weighted by Crippen LogP contribution is 2.16. The number of hydrogen-bond acceptors (Lipinski definition) is 5. The first-order valence-electron chi connectivity index (χ1n) is 4.80. The van der Waals surface area contributed by atoms with E-state index in [1.165, 1.54) is 25.3 Å². The molecule has 0 atom stereocenters. The van der Waals surface area contributed by atoms with Gasteiger partial charge in [0, 0.05) is 29.6 Å². The predicted molar refractivity (Wildman–Crippen MR) is 62.5 cm³/mol. The first-order valence-corrected chi connectivity index (χ1v) is 4.80. The summed E-state index contributed by atoms with van der Waals surface area (Å²) in [6, 6.07) is 5.89. The number of carbonyl (C=O) groups excluding carboxylic acids is 1. The lowest BCUT2D eigenvalue weighted by atomic mass is 10.2. The first kappa shape index (κ1) is 12.7. The van der Waals surface area contributed by atoms with Crippen molar-refractivity contribution in [3.63, 3.8) is 0 Å². The van der Waals surface area contributed by atoms with Gasteiger partial charge in [-0.05, 0) is 19.1 Å². The van der Waals surface area contributed by atoms with Gasteiger partial charge in [0.1, 0.15) is 0 Å². The van der Waals surface area contributed by atoms with Crippen LogP contribution in [-0.2, 0) is 9.53 Å². The molecule has 1 rings (SSSR count). The molecule has 6 nitrogen and oxygen atoms in total. The molecule has 17 heavy (non-hydrogen) atoms. The maximum atomic E-state index is 10.9. The van der Waals surface area contributed by atoms with E-state index in [1.54, 1.807) is 19.1 Å². The summed E-state index contributed by atoms with van der Waals surface area (Å²) in [5, 5.41) is 13.3. The van der Waals surface area contributed by atoms with Crippen LogP contribution in [0.1, 0.15) is 6.92 Å². The Kier molecular flexibility index (Phi) is 4.21. The van der Waals surface area contributed by atoms with Crippen LogP contribution in [-0.4, -0.2) is 18.0 Å². The summed E-state index contributed by atoms with van der Waals surface area (Å²) in [6.45, 7) is 1.69. The highest BCUT2D eigenvalue weighted by atomic mass is 16.6. The van der Waals surface area contributed by atoms with Gasteiger partial charge in [0.2, 0.25) is 0 Å². The molecule has 1 N–H and O–H groups in total. The zero-order chi connectivity index (χ0) is 12.8. The van der Waals surface area contributed by atoms with E-state index in [0.29, 0.717) is 11.4 Å². The van der Waals surface area contributed by atoms with Crippen molar-refractivity contribution in [3.8, 4) is 0 Å². The van der Waals surface area contributed by atoms with Crippen molar-refractivity contribution in [2.45, 2.75) is 6.92 Å². The second kappa shape index (κ2) is 5.64. The van der Waals surface area contributed by atoms with Gasteiger partial charge in [0.25, 0.3) is 5.69 Å². The van der Waals surface area contributed by atoms with Crippen LogP contribution in [0.5, 0.6) is 0 Å². The third-order valence-electron chi connectivity index (χ3n) is 1.96. The summed E-state index contributed by atoms with van der Waals surface area (Å²) in [5.74, 6) is -0.461. The van der Waals surface area contributed by atoms with Crippen molar-refractivity contribution in [1.82, 2.24) is 0 Å². The third-order valence-corrected chi connectivity index (χ3v) is 1.96. The van der Waals surface area contributed by atoms with Gasteiger partial charge < -0.3 is 10.1 Å². The Hall–Kier alpha value is -2.37. The van der Waals surface area contributed by atoms with Crippen molar-refractivity contribution >= 4 is 17.3 Å². The van der Waals surface area contributed by atoms with E-state index in [1.807, 2.05) is 0 Å². The molecule has 0 aliphatic carbocycles. The molecule has 1 aromatic rings. The van der Waals surface area contributed by atoms with E-state index in [2.05, 4.69) is 10.1 Å². The van der Waals surface area contributed by atoms with Crippen LogP contribution in [0.25, 0.3) is 0 Å². The average Bonchev–Trinajstić information content (AvgIpc) is 2.29. The maximum Gasteiger partial charge on any atom is 0.332 e. The fourth-order valence-corrected chi connectivity index (χ4v) is 1.17. The van der Waals surface area contributed by atoms with Crippen LogP contribution in [0.4, 0.5) is 11.4 Å². The SMILES string of the molecule is COC(=O)C=C(C)Nc1ccc([N+](=O)[O-])cc1. The standard InChI is InChI=1S/C11H12N2O4/c1-8(7-11(14)17-2)12-9-3-5-10(6-4-9)13(15)16/h3-7,12H,1-2H3. The molecule has 0 aliphatic heterocycles. The number of hydrogen-bond donors (Lipinski definition) is 1. The van der Waals surface area contributed by atoms with E-state index >= 15 is 0 Å². The van der Waals surface area contributed by atoms with E-state index in [-0.39, 0.29) is 5.69 Å². The molecule has 0 saturated carbocycles. The number of nitrogens with zero attached hydrogens (tertiary/aromatic N) is 1. The average molecular weight is 236 g/mol. The van der Waals surface area contributed by atoms with Gasteiger partial charge in [-0.2, -0.15) is 0 Å². The van der Waals surface area contributed by atoms with E-state index in [0.717, 1.165) is 0 Å². The van der Waals surface area contributed by atoms with Crippen molar-refractivity contribution in [1.29, 1.82) is 0 Å². The minimum absolute atomic E-state index is 0.0187. The lowest BCUT2D eigenvalue weighted by Gasteiger charge is -2.05. The fourth-order valence-electron chi connectivity index (χ4n) is 1.17. The third kappa shape index (κ3) is 3.94. The number of nitro benzene ring substituents is 1. The minimum Gasteiger partial charge on any atom is -0.466 e. The van der Waals surface area contributed by atoms with Gasteiger partial charge >= 0.3 is 5.97 Å². The molecule has 6 heteroatoms. The quantitative estimate of drug-likeness (QED) is 0.374. The van der Waals surface area contributed by atoms with Gasteiger partial charge in [0.05, 0.1) is 12.0 Å². The van der Waals surface area contributed by atoms with Gasteiger partial charge in [-0.3, -0.25) is 10.1 Å². The number of non-ortho nitro benzene ring substituents is 1. The number of anilines is 1. The maximum absolute atomic E-state index is 10.9. The highest BCUT2D eigenvalue weighted by molar-refractivity contribution is 5.83. The molecule has 1 aromatic carbocycles. The van der Waals surface area contributed by atoms with Crippen LogP contribution in [0.2, 0.25) is 0 Å². The number of allylic oxidation sites excluding steroid dienone is 1. The second-order valence-corrected chi connectivity index (χ2v) is 3.28. The summed E-state index contributed by atoms with van der Waals surface area (Å²) in [4.78, 5) is 20.9. The lowest BCUT2D eigenvalue weighted by Crippen LogP contribution is -2.02. The van der Waals surface area contributed by atoms with Crippen LogP contribution < -0.4 is 5.32 Å². The molecule has 0 spiro atoms. The summed E-state index contributed by atoms with van der Waals surface area (Å²) < 4.78 is 4.46. The minimum atomic E-state index is -0.471. The van der Waals surface area contributed by atoms with Crippen LogP contribution in [0.15, 0.2) is 36.0 Å². The Morgan fingerprint density at radius 2 is 2.00 bits per heavy atom. The molecular weight excluding hydrogens is 224 g/mol. The highest BCUT2D eigenvalue weighted by Gasteiger charge is 2.04. The van der Waals surface area contributed by atoms with Crippen LogP contribution >= 0.6 is 0 Å². The molecular formula is C11H12N2O4. The zero-order valence-corrected chi connectivity index (χ0v) is 9.47. The molecule has 0 amide bonds. The molecule has 0 aliphatic rings. The molecule has 0 aromatic heterocycles. The number of carbonyl (C=O) groups is 1. The monoisotopic (exact) mass is 236 g/mol. The largest absolute Gasteiger partial charge is 0.466 e.